The lowest BCUT2D eigenvalue weighted by atomic mass is 10.1. The van der Waals surface area contributed by atoms with Crippen LogP contribution in [0.3, 0.4) is 0 Å². The topological polar surface area (TPSA) is 79.7 Å². The first-order chi connectivity index (χ1) is 13.8. The van der Waals surface area contributed by atoms with Crippen molar-refractivity contribution in [2.24, 2.45) is 0 Å². The molecule has 7 nitrogen and oxygen atoms in total. The third-order valence-electron chi connectivity index (χ3n) is 4.99. The van der Waals surface area contributed by atoms with E-state index in [2.05, 4.69) is 0 Å². The zero-order chi connectivity index (χ0) is 21.3. The highest BCUT2D eigenvalue weighted by Gasteiger charge is 2.44. The van der Waals surface area contributed by atoms with Crippen molar-refractivity contribution in [3.05, 3.63) is 53.1 Å². The lowest BCUT2D eigenvalue weighted by molar-refractivity contribution is -0.143. The number of benzene rings is 1. The first kappa shape index (κ1) is 20.4. The van der Waals surface area contributed by atoms with Gasteiger partial charge in [0.15, 0.2) is 5.78 Å². The molecule has 0 aliphatic carbocycles. The highest BCUT2D eigenvalue weighted by molar-refractivity contribution is 6.45. The minimum Gasteiger partial charge on any atom is -0.318 e. The van der Waals surface area contributed by atoms with Gasteiger partial charge in [0.2, 0.25) is 0 Å². The van der Waals surface area contributed by atoms with Gasteiger partial charge in [-0.25, -0.2) is 14.1 Å². The normalized spacial score (nSPS) is 14.3. The van der Waals surface area contributed by atoms with E-state index in [0.29, 0.717) is 28.3 Å². The highest BCUT2D eigenvalue weighted by Crippen LogP contribution is 2.23. The van der Waals surface area contributed by atoms with E-state index in [1.165, 1.54) is 12.1 Å². The zero-order valence-electron chi connectivity index (χ0n) is 16.6. The molecule has 0 radical (unpaired) electrons. The molecule has 4 amide bonds. The van der Waals surface area contributed by atoms with Crippen LogP contribution in [-0.2, 0) is 9.59 Å². The van der Waals surface area contributed by atoms with Crippen LogP contribution in [0.1, 0.15) is 41.5 Å². The fourth-order valence-corrected chi connectivity index (χ4v) is 3.46. The molecule has 1 aromatic carbocycles. The number of Topliss-reactive ketones (excluding diaryl/α,β-unsaturated/α-hetero) is 1. The lowest BCUT2D eigenvalue weighted by Gasteiger charge is -2.15. The van der Waals surface area contributed by atoms with E-state index >= 15 is 0 Å². The molecule has 0 saturated carbocycles. The number of halogens is 1. The summed E-state index contributed by atoms with van der Waals surface area (Å²) in [6, 6.07) is 6.75. The number of rotatable bonds is 7. The van der Waals surface area contributed by atoms with Gasteiger partial charge in [0.1, 0.15) is 5.82 Å². The Morgan fingerprint density at radius 1 is 1.00 bits per heavy atom. The van der Waals surface area contributed by atoms with E-state index < -0.39 is 30.2 Å². The number of unbranched alkanes of at least 4 members (excludes halogenated alkanes) is 1. The number of imide groups is 2. The summed E-state index contributed by atoms with van der Waals surface area (Å²) in [5, 5.41) is 0. The number of carbonyl (C=O) groups excluding carboxylic acids is 4. The molecule has 0 spiro atoms. The Balaban J connectivity index is 1.84. The van der Waals surface area contributed by atoms with Gasteiger partial charge in [-0.15, -0.1) is 0 Å². The van der Waals surface area contributed by atoms with Crippen molar-refractivity contribution in [2.75, 3.05) is 13.1 Å². The van der Waals surface area contributed by atoms with Gasteiger partial charge in [0.25, 0.3) is 0 Å². The molecule has 1 aliphatic rings. The predicted molar refractivity (Wildman–Crippen MR) is 103 cm³/mol. The molecule has 1 aliphatic heterocycles. The molecule has 1 fully saturated rings. The second-order valence-corrected chi connectivity index (χ2v) is 7.00. The zero-order valence-corrected chi connectivity index (χ0v) is 16.6. The molecule has 0 atom stereocenters. The first-order valence-corrected chi connectivity index (χ1v) is 9.41. The number of hydrogen-bond donors (Lipinski definition) is 0. The molecule has 8 heteroatoms. The number of aryl methyl sites for hydroxylation is 1. The van der Waals surface area contributed by atoms with Gasteiger partial charge in [-0.2, -0.15) is 0 Å². The monoisotopic (exact) mass is 399 g/mol. The number of aromatic nitrogens is 1. The quantitative estimate of drug-likeness (QED) is 0.407. The van der Waals surface area contributed by atoms with E-state index in [1.54, 1.807) is 36.6 Å². The van der Waals surface area contributed by atoms with Crippen LogP contribution in [0.2, 0.25) is 0 Å². The van der Waals surface area contributed by atoms with E-state index in [1.807, 2.05) is 6.92 Å². The van der Waals surface area contributed by atoms with Gasteiger partial charge in [-0.3, -0.25) is 19.3 Å². The summed E-state index contributed by atoms with van der Waals surface area (Å²) in [6.45, 7) is 5.10. The van der Waals surface area contributed by atoms with Crippen molar-refractivity contribution in [1.82, 2.24) is 14.4 Å². The summed E-state index contributed by atoms with van der Waals surface area (Å²) >= 11 is 0. The summed E-state index contributed by atoms with van der Waals surface area (Å²) < 4.78 is 15.0. The Bertz CT molecular complexity index is 994. The Hall–Kier alpha value is -3.29. The Morgan fingerprint density at radius 3 is 2.24 bits per heavy atom. The van der Waals surface area contributed by atoms with Crippen LogP contribution in [0.4, 0.5) is 9.18 Å². The van der Waals surface area contributed by atoms with E-state index in [0.717, 1.165) is 17.0 Å². The van der Waals surface area contributed by atoms with E-state index in [4.69, 9.17) is 0 Å². The molecule has 1 aromatic heterocycles. The predicted octanol–water partition coefficient (Wildman–Crippen LogP) is 3.01. The molecular weight excluding hydrogens is 377 g/mol. The number of urea groups is 1. The third kappa shape index (κ3) is 3.70. The maximum absolute atomic E-state index is 13.2. The second kappa shape index (κ2) is 7.98. The molecule has 0 N–H and O–H groups in total. The molecular formula is C21H22FN3O4. The molecule has 152 valence electrons. The summed E-state index contributed by atoms with van der Waals surface area (Å²) in [5.74, 6) is -2.69. The van der Waals surface area contributed by atoms with Gasteiger partial charge in [-0.1, -0.05) is 13.3 Å². The maximum Gasteiger partial charge on any atom is 0.334 e. The van der Waals surface area contributed by atoms with Crippen molar-refractivity contribution in [1.29, 1.82) is 0 Å². The SMILES string of the molecule is CCCCN1C(=O)C(=O)N(CC(=O)c2cc(C)n(-c3ccc(F)cc3)c2C)C1=O. The minimum absolute atomic E-state index is 0.156. The average molecular weight is 399 g/mol. The molecule has 3 rings (SSSR count). The van der Waals surface area contributed by atoms with Crippen molar-refractivity contribution < 1.29 is 23.6 Å². The van der Waals surface area contributed by atoms with Crippen molar-refractivity contribution >= 4 is 23.6 Å². The van der Waals surface area contributed by atoms with Crippen LogP contribution in [0.5, 0.6) is 0 Å². The number of carbonyl (C=O) groups is 4. The van der Waals surface area contributed by atoms with Crippen molar-refractivity contribution in [3.63, 3.8) is 0 Å². The van der Waals surface area contributed by atoms with Crippen LogP contribution in [-0.4, -0.2) is 51.1 Å². The van der Waals surface area contributed by atoms with Gasteiger partial charge in [-0.05, 0) is 50.6 Å². The van der Waals surface area contributed by atoms with Gasteiger partial charge in [0, 0.05) is 29.2 Å². The van der Waals surface area contributed by atoms with Crippen LogP contribution in [0.25, 0.3) is 5.69 Å². The van der Waals surface area contributed by atoms with E-state index in [9.17, 15) is 23.6 Å². The summed E-state index contributed by atoms with van der Waals surface area (Å²) in [5.41, 5.74) is 2.38. The van der Waals surface area contributed by atoms with Gasteiger partial charge >= 0.3 is 17.8 Å². The summed E-state index contributed by atoms with van der Waals surface area (Å²) in [4.78, 5) is 51.1. The third-order valence-corrected chi connectivity index (χ3v) is 4.99. The van der Waals surface area contributed by atoms with Crippen LogP contribution in [0, 0.1) is 19.7 Å². The molecule has 2 heterocycles. The van der Waals surface area contributed by atoms with Crippen molar-refractivity contribution in [3.8, 4) is 5.69 Å². The standard InChI is InChI=1S/C21H22FN3O4/c1-4-5-10-23-19(27)20(28)24(21(23)29)12-18(26)17-11-13(2)25(14(17)3)16-8-6-15(22)7-9-16/h6-9,11H,4-5,10,12H2,1-3H3. The molecule has 0 unspecified atom stereocenters. The largest absolute Gasteiger partial charge is 0.334 e. The molecule has 29 heavy (non-hydrogen) atoms. The highest BCUT2D eigenvalue weighted by atomic mass is 19.1. The van der Waals surface area contributed by atoms with Crippen LogP contribution >= 0.6 is 0 Å². The van der Waals surface area contributed by atoms with Crippen LogP contribution in [0.15, 0.2) is 30.3 Å². The lowest BCUT2D eigenvalue weighted by Crippen LogP contribution is -2.37. The van der Waals surface area contributed by atoms with E-state index in [-0.39, 0.29) is 12.4 Å². The Kier molecular flexibility index (Phi) is 5.63. The average Bonchev–Trinajstić information content (AvgIpc) is 3.09. The van der Waals surface area contributed by atoms with Crippen LogP contribution < -0.4 is 0 Å². The summed E-state index contributed by atoms with van der Waals surface area (Å²) in [6.07, 6.45) is 1.35. The smallest absolute Gasteiger partial charge is 0.318 e. The summed E-state index contributed by atoms with van der Waals surface area (Å²) in [7, 11) is 0. The van der Waals surface area contributed by atoms with Gasteiger partial charge < -0.3 is 4.57 Å². The fourth-order valence-electron chi connectivity index (χ4n) is 3.46. The molecule has 2 aromatic rings. The number of ketones is 1. The molecule has 1 saturated heterocycles. The molecule has 0 bridgehead atoms. The Labute approximate surface area is 167 Å². The van der Waals surface area contributed by atoms with Gasteiger partial charge in [0.05, 0.1) is 6.54 Å². The number of hydrogen-bond acceptors (Lipinski definition) is 4. The number of nitrogens with zero attached hydrogens (tertiary/aromatic N) is 3. The van der Waals surface area contributed by atoms with Crippen molar-refractivity contribution in [2.45, 2.75) is 33.6 Å². The first-order valence-electron chi connectivity index (χ1n) is 9.41. The maximum atomic E-state index is 13.2. The minimum atomic E-state index is -0.980. The fraction of sp³-hybridized carbons (Fsp3) is 0.333. The Morgan fingerprint density at radius 2 is 1.62 bits per heavy atom. The number of amides is 4. The second-order valence-electron chi connectivity index (χ2n) is 7.00.